The summed E-state index contributed by atoms with van der Waals surface area (Å²) in [5.41, 5.74) is 0.982. The van der Waals surface area contributed by atoms with Gasteiger partial charge in [0.2, 0.25) is 0 Å². The van der Waals surface area contributed by atoms with Gasteiger partial charge in [-0.25, -0.2) is 0 Å². The SMILES string of the molecule is CC(C)(C)C1=CC(=O)C(Sc2cc(Cl)c(Cl)cc2Cl)C(=O)N1c1ccccc1. The average molecular weight is 455 g/mol. The number of rotatable bonds is 3. The van der Waals surface area contributed by atoms with Crippen LogP contribution in [0.5, 0.6) is 0 Å². The van der Waals surface area contributed by atoms with Crippen molar-refractivity contribution in [1.29, 1.82) is 0 Å². The Bertz CT molecular complexity index is 968. The minimum absolute atomic E-state index is 0.269. The second kappa shape index (κ2) is 8.11. The summed E-state index contributed by atoms with van der Waals surface area (Å²) in [6.45, 7) is 5.91. The summed E-state index contributed by atoms with van der Waals surface area (Å²) in [6, 6.07) is 12.4. The van der Waals surface area contributed by atoms with Gasteiger partial charge in [0.15, 0.2) is 11.0 Å². The number of para-hydroxylation sites is 1. The molecular formula is C21H18Cl3NO2S. The van der Waals surface area contributed by atoms with Crippen molar-refractivity contribution in [2.24, 2.45) is 5.41 Å². The summed E-state index contributed by atoms with van der Waals surface area (Å²) in [5, 5.41) is 0.0196. The molecule has 1 atom stereocenters. The predicted molar refractivity (Wildman–Crippen MR) is 118 cm³/mol. The van der Waals surface area contributed by atoms with Crippen LogP contribution in [0.1, 0.15) is 20.8 Å². The zero-order valence-corrected chi connectivity index (χ0v) is 18.6. The maximum atomic E-state index is 13.4. The lowest BCUT2D eigenvalue weighted by atomic mass is 9.87. The molecule has 0 aliphatic carbocycles. The molecule has 0 saturated heterocycles. The highest BCUT2D eigenvalue weighted by Crippen LogP contribution is 2.41. The maximum absolute atomic E-state index is 13.4. The highest BCUT2D eigenvalue weighted by Gasteiger charge is 2.41. The van der Waals surface area contributed by atoms with E-state index in [9.17, 15) is 9.59 Å². The summed E-state index contributed by atoms with van der Waals surface area (Å²) < 4.78 is 0. The fraction of sp³-hybridized carbons (Fsp3) is 0.238. The lowest BCUT2D eigenvalue weighted by Gasteiger charge is -2.38. The zero-order valence-electron chi connectivity index (χ0n) is 15.5. The van der Waals surface area contributed by atoms with E-state index in [2.05, 4.69) is 0 Å². The molecule has 0 spiro atoms. The molecule has 0 aromatic heterocycles. The first-order valence-electron chi connectivity index (χ1n) is 8.56. The molecule has 0 fully saturated rings. The lowest BCUT2D eigenvalue weighted by Crippen LogP contribution is -2.47. The number of anilines is 1. The summed E-state index contributed by atoms with van der Waals surface area (Å²) >= 11 is 19.4. The fourth-order valence-corrected chi connectivity index (χ4v) is 4.60. The molecule has 28 heavy (non-hydrogen) atoms. The Labute approximate surface area is 183 Å². The zero-order chi connectivity index (χ0) is 20.6. The van der Waals surface area contributed by atoms with E-state index in [1.165, 1.54) is 6.07 Å². The minimum atomic E-state index is -0.957. The quantitative estimate of drug-likeness (QED) is 0.385. The molecule has 1 unspecified atom stereocenters. The van der Waals surface area contributed by atoms with Crippen LogP contribution in [0.2, 0.25) is 15.1 Å². The molecule has 2 aromatic carbocycles. The van der Waals surface area contributed by atoms with Crippen LogP contribution in [-0.2, 0) is 9.59 Å². The first-order valence-corrected chi connectivity index (χ1v) is 10.6. The van der Waals surface area contributed by atoms with Crippen LogP contribution in [0.3, 0.4) is 0 Å². The molecule has 3 nitrogen and oxygen atoms in total. The molecule has 0 N–H and O–H groups in total. The molecular weight excluding hydrogens is 437 g/mol. The van der Waals surface area contributed by atoms with Gasteiger partial charge >= 0.3 is 0 Å². The number of halogens is 3. The van der Waals surface area contributed by atoms with Gasteiger partial charge in [-0.1, -0.05) is 73.8 Å². The molecule has 1 aliphatic rings. The number of hydrogen-bond acceptors (Lipinski definition) is 3. The van der Waals surface area contributed by atoms with Crippen molar-refractivity contribution in [1.82, 2.24) is 0 Å². The van der Waals surface area contributed by atoms with Crippen molar-refractivity contribution in [2.75, 3.05) is 4.90 Å². The van der Waals surface area contributed by atoms with Crippen molar-refractivity contribution in [3.05, 3.63) is 69.3 Å². The topological polar surface area (TPSA) is 37.4 Å². The van der Waals surface area contributed by atoms with Gasteiger partial charge in [0.1, 0.15) is 0 Å². The van der Waals surface area contributed by atoms with Crippen LogP contribution in [0.15, 0.2) is 59.1 Å². The monoisotopic (exact) mass is 453 g/mol. The van der Waals surface area contributed by atoms with E-state index in [0.29, 0.717) is 31.3 Å². The lowest BCUT2D eigenvalue weighted by molar-refractivity contribution is -0.124. The van der Waals surface area contributed by atoms with Crippen molar-refractivity contribution in [3.63, 3.8) is 0 Å². The number of ketones is 1. The van der Waals surface area contributed by atoms with Gasteiger partial charge in [0, 0.05) is 27.8 Å². The van der Waals surface area contributed by atoms with E-state index in [0.717, 1.165) is 11.8 Å². The van der Waals surface area contributed by atoms with Gasteiger partial charge in [-0.3, -0.25) is 14.5 Å². The van der Waals surface area contributed by atoms with E-state index in [4.69, 9.17) is 34.8 Å². The Balaban J connectivity index is 2.05. The van der Waals surface area contributed by atoms with E-state index < -0.39 is 10.7 Å². The van der Waals surface area contributed by atoms with Crippen LogP contribution in [0.25, 0.3) is 0 Å². The van der Waals surface area contributed by atoms with Crippen LogP contribution in [0, 0.1) is 5.41 Å². The molecule has 7 heteroatoms. The Hall–Kier alpha value is -1.46. The fourth-order valence-electron chi connectivity index (χ4n) is 2.86. The Morgan fingerprint density at radius 1 is 0.929 bits per heavy atom. The van der Waals surface area contributed by atoms with Crippen molar-refractivity contribution < 1.29 is 9.59 Å². The number of benzene rings is 2. The third-order valence-electron chi connectivity index (χ3n) is 4.23. The third kappa shape index (κ3) is 4.25. The molecule has 2 aromatic rings. The Morgan fingerprint density at radius 3 is 2.14 bits per heavy atom. The van der Waals surface area contributed by atoms with Gasteiger partial charge in [-0.15, -0.1) is 11.8 Å². The first-order chi connectivity index (χ1) is 13.1. The Morgan fingerprint density at radius 2 is 1.54 bits per heavy atom. The number of carbonyl (C=O) groups excluding carboxylic acids is 2. The highest BCUT2D eigenvalue weighted by molar-refractivity contribution is 8.01. The third-order valence-corrected chi connectivity index (χ3v) is 6.63. The maximum Gasteiger partial charge on any atom is 0.252 e. The van der Waals surface area contributed by atoms with E-state index in [1.54, 1.807) is 17.0 Å². The highest BCUT2D eigenvalue weighted by atomic mass is 35.5. The number of amides is 1. The van der Waals surface area contributed by atoms with Gasteiger partial charge < -0.3 is 0 Å². The van der Waals surface area contributed by atoms with E-state index in [1.807, 2.05) is 51.1 Å². The number of hydrogen-bond donors (Lipinski definition) is 0. The summed E-state index contributed by atoms with van der Waals surface area (Å²) in [7, 11) is 0. The number of thioether (sulfide) groups is 1. The first kappa shape index (κ1) is 21.3. The number of allylic oxidation sites excluding steroid dienone is 2. The normalized spacial score (nSPS) is 17.7. The van der Waals surface area contributed by atoms with Gasteiger partial charge in [0.05, 0.1) is 15.1 Å². The van der Waals surface area contributed by atoms with Gasteiger partial charge in [-0.2, -0.15) is 0 Å². The Kier molecular flexibility index (Phi) is 6.16. The van der Waals surface area contributed by atoms with Crippen molar-refractivity contribution >= 4 is 63.9 Å². The predicted octanol–water partition coefficient (Wildman–Crippen LogP) is 6.65. The second-order valence-electron chi connectivity index (χ2n) is 7.39. The van der Waals surface area contributed by atoms with E-state index in [-0.39, 0.29) is 11.7 Å². The smallest absolute Gasteiger partial charge is 0.252 e. The largest absolute Gasteiger partial charge is 0.293 e. The molecule has 0 bridgehead atoms. The van der Waals surface area contributed by atoms with Gasteiger partial charge in [0.25, 0.3) is 5.91 Å². The van der Waals surface area contributed by atoms with Crippen LogP contribution in [0.4, 0.5) is 5.69 Å². The minimum Gasteiger partial charge on any atom is -0.293 e. The van der Waals surface area contributed by atoms with Crippen LogP contribution >= 0.6 is 46.6 Å². The summed E-state index contributed by atoms with van der Waals surface area (Å²) in [6.07, 6.45) is 1.55. The molecule has 146 valence electrons. The molecule has 0 radical (unpaired) electrons. The van der Waals surface area contributed by atoms with E-state index >= 15 is 0 Å². The second-order valence-corrected chi connectivity index (χ2v) is 9.75. The van der Waals surface area contributed by atoms with Crippen molar-refractivity contribution in [3.8, 4) is 0 Å². The van der Waals surface area contributed by atoms with Crippen LogP contribution in [-0.4, -0.2) is 16.9 Å². The van der Waals surface area contributed by atoms with Crippen molar-refractivity contribution in [2.45, 2.75) is 30.9 Å². The average Bonchev–Trinajstić information content (AvgIpc) is 2.62. The van der Waals surface area contributed by atoms with Crippen LogP contribution < -0.4 is 4.90 Å². The molecule has 3 rings (SSSR count). The molecule has 1 heterocycles. The standard InChI is InChI=1S/C21H18Cl3NO2S/c1-21(2,3)18-11-16(26)19(20(27)25(18)12-7-5-4-6-8-12)28-17-10-14(23)13(22)9-15(17)24/h4-11,19H,1-3H3. The molecule has 1 amide bonds. The summed E-state index contributed by atoms with van der Waals surface area (Å²) in [5.74, 6) is -0.579. The number of nitrogens with zero attached hydrogens (tertiary/aromatic N) is 1. The molecule has 0 saturated carbocycles. The molecule has 1 aliphatic heterocycles. The summed E-state index contributed by atoms with van der Waals surface area (Å²) in [4.78, 5) is 28.4. The number of carbonyl (C=O) groups is 2. The van der Waals surface area contributed by atoms with Gasteiger partial charge in [-0.05, 0) is 24.3 Å².